The van der Waals surface area contributed by atoms with Crippen LogP contribution in [0.4, 0.5) is 26.3 Å². The lowest BCUT2D eigenvalue weighted by Crippen LogP contribution is -2.60. The van der Waals surface area contributed by atoms with Crippen molar-refractivity contribution in [1.29, 1.82) is 0 Å². The number of rotatable bonds is 5. The lowest BCUT2D eigenvalue weighted by Gasteiger charge is -2.44. The second-order valence-electron chi connectivity index (χ2n) is 8.77. The molecule has 186 valence electrons. The van der Waals surface area contributed by atoms with E-state index in [1.807, 2.05) is 30.3 Å². The minimum absolute atomic E-state index is 0.00320. The van der Waals surface area contributed by atoms with Crippen molar-refractivity contribution in [3.8, 4) is 0 Å². The molecule has 0 radical (unpaired) electrons. The van der Waals surface area contributed by atoms with E-state index in [4.69, 9.17) is 4.74 Å². The number of halogens is 6. The minimum Gasteiger partial charge on any atom is -0.372 e. The van der Waals surface area contributed by atoms with Crippen LogP contribution in [0.2, 0.25) is 0 Å². The molecular weight excluding hydrogens is 464 g/mol. The third kappa shape index (κ3) is 5.23. The molecule has 34 heavy (non-hydrogen) atoms. The number of aliphatic hydroxyl groups is 1. The average Bonchev–Trinajstić information content (AvgIpc) is 3.15. The maximum atomic E-state index is 13.3. The van der Waals surface area contributed by atoms with Crippen LogP contribution in [-0.2, 0) is 22.6 Å². The van der Waals surface area contributed by atoms with Crippen molar-refractivity contribution in [1.82, 2.24) is 16.0 Å². The van der Waals surface area contributed by atoms with Gasteiger partial charge in [0.25, 0.3) is 0 Å². The Hall–Kier alpha value is -2.18. The fourth-order valence-corrected chi connectivity index (χ4v) is 4.59. The smallest absolute Gasteiger partial charge is 0.372 e. The summed E-state index contributed by atoms with van der Waals surface area (Å²) in [5.74, 6) is 0. The first-order valence-electron chi connectivity index (χ1n) is 10.8. The molecule has 2 aliphatic heterocycles. The van der Waals surface area contributed by atoms with Crippen molar-refractivity contribution >= 4 is 0 Å². The number of hydrogen-bond acceptors (Lipinski definition) is 5. The molecule has 2 heterocycles. The molecule has 2 fully saturated rings. The van der Waals surface area contributed by atoms with Gasteiger partial charge >= 0.3 is 12.4 Å². The monoisotopic (exact) mass is 489 g/mol. The van der Waals surface area contributed by atoms with Crippen LogP contribution in [0.1, 0.15) is 41.7 Å². The van der Waals surface area contributed by atoms with E-state index in [0.29, 0.717) is 25.1 Å². The second-order valence-corrected chi connectivity index (χ2v) is 8.77. The average molecular weight is 489 g/mol. The van der Waals surface area contributed by atoms with E-state index in [-0.39, 0.29) is 30.3 Å². The van der Waals surface area contributed by atoms with Crippen molar-refractivity contribution in [3.63, 3.8) is 0 Å². The third-order valence-corrected chi connectivity index (χ3v) is 6.44. The zero-order valence-corrected chi connectivity index (χ0v) is 18.2. The Bertz CT molecular complexity index is 968. The molecule has 4 rings (SSSR count). The molecule has 4 N–H and O–H groups in total. The molecule has 0 saturated carbocycles. The van der Waals surface area contributed by atoms with Crippen LogP contribution in [0.5, 0.6) is 0 Å². The summed E-state index contributed by atoms with van der Waals surface area (Å²) in [4.78, 5) is 0. The van der Waals surface area contributed by atoms with Gasteiger partial charge in [-0.15, -0.1) is 0 Å². The highest BCUT2D eigenvalue weighted by atomic mass is 19.4. The van der Waals surface area contributed by atoms with Crippen LogP contribution in [0.15, 0.2) is 48.5 Å². The minimum atomic E-state index is -4.93. The first-order valence-corrected chi connectivity index (χ1v) is 10.8. The summed E-state index contributed by atoms with van der Waals surface area (Å²) in [5, 5.41) is 19.4. The topological polar surface area (TPSA) is 65.5 Å². The van der Waals surface area contributed by atoms with Gasteiger partial charge in [0.2, 0.25) is 0 Å². The van der Waals surface area contributed by atoms with Gasteiger partial charge in [0.15, 0.2) is 6.35 Å². The summed E-state index contributed by atoms with van der Waals surface area (Å²) in [6, 6.07) is 10.6. The quantitative estimate of drug-likeness (QED) is 0.480. The highest BCUT2D eigenvalue weighted by Gasteiger charge is 2.46. The number of benzene rings is 2. The maximum absolute atomic E-state index is 13.3. The number of fused-ring (bicyclic) bond motifs is 1. The Morgan fingerprint density at radius 3 is 2.15 bits per heavy atom. The van der Waals surface area contributed by atoms with Crippen LogP contribution < -0.4 is 16.0 Å². The number of hydrogen-bond donors (Lipinski definition) is 4. The highest BCUT2D eigenvalue weighted by molar-refractivity contribution is 5.35. The second kappa shape index (κ2) is 9.12. The van der Waals surface area contributed by atoms with Gasteiger partial charge in [-0.25, -0.2) is 0 Å². The summed E-state index contributed by atoms with van der Waals surface area (Å²) in [6.07, 6.45) is -11.3. The van der Waals surface area contributed by atoms with Gasteiger partial charge in [-0.1, -0.05) is 30.3 Å². The zero-order valence-electron chi connectivity index (χ0n) is 18.2. The predicted molar refractivity (Wildman–Crippen MR) is 111 cm³/mol. The Kier molecular flexibility index (Phi) is 6.69. The summed E-state index contributed by atoms with van der Waals surface area (Å²) < 4.78 is 85.5. The molecule has 0 bridgehead atoms. The van der Waals surface area contributed by atoms with Gasteiger partial charge in [-0.05, 0) is 42.7 Å². The molecule has 0 amide bonds. The fraction of sp³-hybridized carbons (Fsp3) is 0.478. The highest BCUT2D eigenvalue weighted by Crippen LogP contribution is 2.39. The number of aliphatic hydroxyl groups excluding tert-OH is 1. The van der Waals surface area contributed by atoms with Gasteiger partial charge in [-0.3, -0.25) is 10.6 Å². The molecule has 2 aromatic rings. The van der Waals surface area contributed by atoms with Crippen LogP contribution >= 0.6 is 0 Å². The van der Waals surface area contributed by atoms with Gasteiger partial charge in [0.1, 0.15) is 0 Å². The third-order valence-electron chi connectivity index (χ3n) is 6.44. The van der Waals surface area contributed by atoms with Crippen molar-refractivity contribution in [2.75, 3.05) is 13.2 Å². The summed E-state index contributed by atoms with van der Waals surface area (Å²) in [6.45, 7) is 1.90. The largest absolute Gasteiger partial charge is 0.416 e. The van der Waals surface area contributed by atoms with Crippen LogP contribution in [-0.4, -0.2) is 36.7 Å². The molecule has 0 aromatic heterocycles. The van der Waals surface area contributed by atoms with E-state index >= 15 is 0 Å². The Morgan fingerprint density at radius 2 is 1.56 bits per heavy atom. The summed E-state index contributed by atoms with van der Waals surface area (Å²) in [7, 11) is 0. The SMILES string of the molecule is C[C@@H](OC[C@@]1(c2ccccc2)C[C@H]2NC(O)NC2CN1)c1cc(C(F)(F)F)cc(C(F)(F)F)c1. The fourth-order valence-electron chi connectivity index (χ4n) is 4.59. The van der Waals surface area contributed by atoms with E-state index in [9.17, 15) is 31.4 Å². The van der Waals surface area contributed by atoms with E-state index in [1.54, 1.807) is 0 Å². The normalized spacial score (nSPS) is 28.5. The van der Waals surface area contributed by atoms with Crippen molar-refractivity contribution in [2.24, 2.45) is 0 Å². The number of ether oxygens (including phenoxy) is 1. The first kappa shape index (κ1) is 24.9. The van der Waals surface area contributed by atoms with Crippen LogP contribution in [0.3, 0.4) is 0 Å². The predicted octanol–water partition coefficient (Wildman–Crippen LogP) is 3.90. The molecule has 2 aromatic carbocycles. The zero-order chi connectivity index (χ0) is 24.7. The molecule has 2 unspecified atom stereocenters. The molecular formula is C23H25F6N3O2. The Balaban J connectivity index is 1.60. The van der Waals surface area contributed by atoms with Gasteiger partial charge in [-0.2, -0.15) is 26.3 Å². The van der Waals surface area contributed by atoms with E-state index in [1.165, 1.54) is 6.92 Å². The lowest BCUT2D eigenvalue weighted by molar-refractivity contribution is -0.143. The van der Waals surface area contributed by atoms with Crippen LogP contribution in [0, 0.1) is 0 Å². The first-order chi connectivity index (χ1) is 15.9. The summed E-state index contributed by atoms with van der Waals surface area (Å²) >= 11 is 0. The molecule has 0 aliphatic carbocycles. The van der Waals surface area contributed by atoms with Crippen molar-refractivity contribution in [2.45, 2.75) is 55.8 Å². The van der Waals surface area contributed by atoms with Gasteiger partial charge in [0, 0.05) is 18.6 Å². The van der Waals surface area contributed by atoms with E-state index in [0.717, 1.165) is 5.56 Å². The lowest BCUT2D eigenvalue weighted by atomic mass is 9.79. The van der Waals surface area contributed by atoms with Gasteiger partial charge in [0.05, 0.1) is 29.4 Å². The number of nitrogens with one attached hydrogen (secondary N) is 3. The molecule has 2 aliphatic rings. The molecule has 2 saturated heterocycles. The Labute approximate surface area is 192 Å². The van der Waals surface area contributed by atoms with E-state index < -0.39 is 41.5 Å². The molecule has 0 spiro atoms. The molecule has 5 nitrogen and oxygen atoms in total. The molecule has 5 atom stereocenters. The van der Waals surface area contributed by atoms with Gasteiger partial charge < -0.3 is 15.2 Å². The van der Waals surface area contributed by atoms with Crippen LogP contribution in [0.25, 0.3) is 0 Å². The number of piperidine rings is 1. The van der Waals surface area contributed by atoms with Crippen molar-refractivity contribution < 1.29 is 36.2 Å². The standard InChI is InChI=1S/C23H25F6N3O2/c1-13(14-7-16(22(24,25)26)9-17(8-14)23(27,28)29)34-12-21(15-5-3-2-4-6-15)10-18-19(11-30-21)32-20(33)31-18/h2-9,13,18-20,30-33H,10-12H2,1H3/t13-,18-,19?,20?,21-/m1/s1. The van der Waals surface area contributed by atoms with Crippen molar-refractivity contribution in [3.05, 3.63) is 70.8 Å². The summed E-state index contributed by atoms with van der Waals surface area (Å²) in [5.41, 5.74) is -2.86. The number of alkyl halides is 6. The molecule has 11 heteroatoms. The van der Waals surface area contributed by atoms with E-state index in [2.05, 4.69) is 16.0 Å². The maximum Gasteiger partial charge on any atom is 0.416 e. The Morgan fingerprint density at radius 1 is 0.971 bits per heavy atom.